The van der Waals surface area contributed by atoms with E-state index in [0.29, 0.717) is 12.5 Å². The molecule has 0 aromatic heterocycles. The Hall–Kier alpha value is -0.120. The molecule has 3 heteroatoms. The first kappa shape index (κ1) is 12.9. The summed E-state index contributed by atoms with van der Waals surface area (Å²) in [7, 11) is 0. The van der Waals surface area contributed by atoms with Crippen molar-refractivity contribution in [2.75, 3.05) is 26.2 Å². The number of aliphatic hydroxyl groups is 1. The summed E-state index contributed by atoms with van der Waals surface area (Å²) in [6.45, 7) is 10.2. The van der Waals surface area contributed by atoms with Crippen molar-refractivity contribution in [1.29, 1.82) is 0 Å². The molecule has 0 spiro atoms. The number of hydrogen-bond acceptors (Lipinski definition) is 3. The Kier molecular flexibility index (Phi) is 4.56. The van der Waals surface area contributed by atoms with Gasteiger partial charge in [-0.25, -0.2) is 0 Å². The van der Waals surface area contributed by atoms with Crippen LogP contribution in [-0.4, -0.2) is 42.3 Å². The quantitative estimate of drug-likeness (QED) is 0.736. The lowest BCUT2D eigenvalue weighted by Gasteiger charge is -2.38. The molecule has 3 nitrogen and oxygen atoms in total. The van der Waals surface area contributed by atoms with Crippen LogP contribution in [0.25, 0.3) is 0 Å². The molecule has 1 saturated heterocycles. The van der Waals surface area contributed by atoms with Gasteiger partial charge in [0, 0.05) is 19.2 Å². The predicted octanol–water partition coefficient (Wildman–Crippen LogP) is 1.06. The molecule has 0 aromatic carbocycles. The maximum atomic E-state index is 9.06. The number of likely N-dealkylation sites (tertiary alicyclic amines) is 1. The van der Waals surface area contributed by atoms with Crippen molar-refractivity contribution >= 4 is 0 Å². The van der Waals surface area contributed by atoms with Crippen molar-refractivity contribution in [3.05, 3.63) is 0 Å². The van der Waals surface area contributed by atoms with Gasteiger partial charge in [-0.2, -0.15) is 0 Å². The zero-order chi connectivity index (χ0) is 11.5. The molecule has 1 fully saturated rings. The molecule has 90 valence electrons. The van der Waals surface area contributed by atoms with Gasteiger partial charge >= 0.3 is 0 Å². The lowest BCUT2D eigenvalue weighted by atomic mass is 9.84. The molecule has 1 atom stereocenters. The first-order valence-corrected chi connectivity index (χ1v) is 6.04. The Morgan fingerprint density at radius 3 is 2.33 bits per heavy atom. The van der Waals surface area contributed by atoms with E-state index in [0.717, 1.165) is 32.5 Å². The number of rotatable bonds is 4. The largest absolute Gasteiger partial charge is 0.396 e. The van der Waals surface area contributed by atoms with Crippen molar-refractivity contribution in [1.82, 2.24) is 4.90 Å². The van der Waals surface area contributed by atoms with Gasteiger partial charge in [-0.3, -0.25) is 0 Å². The number of hydrogen-bond donors (Lipinski definition) is 2. The maximum Gasteiger partial charge on any atom is 0.0460 e. The van der Waals surface area contributed by atoms with Gasteiger partial charge in [-0.15, -0.1) is 0 Å². The SMILES string of the molecule is CC(N)C(C)(C)CN1CCC(CO)CC1. The number of piperidine rings is 1. The van der Waals surface area contributed by atoms with Crippen LogP contribution in [0.2, 0.25) is 0 Å². The summed E-state index contributed by atoms with van der Waals surface area (Å²) in [4.78, 5) is 2.48. The highest BCUT2D eigenvalue weighted by Crippen LogP contribution is 2.24. The topological polar surface area (TPSA) is 49.5 Å². The minimum absolute atomic E-state index is 0.187. The van der Waals surface area contributed by atoms with Crippen molar-refractivity contribution in [3.8, 4) is 0 Å². The molecule has 15 heavy (non-hydrogen) atoms. The minimum atomic E-state index is 0.187. The van der Waals surface area contributed by atoms with Gasteiger partial charge in [0.2, 0.25) is 0 Å². The summed E-state index contributed by atoms with van der Waals surface area (Å²) < 4.78 is 0. The smallest absolute Gasteiger partial charge is 0.0460 e. The van der Waals surface area contributed by atoms with Gasteiger partial charge in [0.15, 0.2) is 0 Å². The zero-order valence-corrected chi connectivity index (χ0v) is 10.4. The van der Waals surface area contributed by atoms with Gasteiger partial charge in [-0.05, 0) is 44.2 Å². The molecular formula is C12H26N2O. The third-order valence-corrected chi connectivity index (χ3v) is 3.83. The Morgan fingerprint density at radius 1 is 1.40 bits per heavy atom. The molecule has 0 aliphatic carbocycles. The fourth-order valence-electron chi connectivity index (χ4n) is 2.05. The average molecular weight is 214 g/mol. The van der Waals surface area contributed by atoms with Gasteiger partial charge < -0.3 is 15.7 Å². The van der Waals surface area contributed by atoms with E-state index < -0.39 is 0 Å². The van der Waals surface area contributed by atoms with Crippen molar-refractivity contribution in [2.45, 2.75) is 39.7 Å². The third kappa shape index (κ3) is 3.74. The normalized spacial score (nSPS) is 23.0. The summed E-state index contributed by atoms with van der Waals surface area (Å²) >= 11 is 0. The minimum Gasteiger partial charge on any atom is -0.396 e. The highest BCUT2D eigenvalue weighted by molar-refractivity contribution is 4.83. The molecule has 1 aliphatic heterocycles. The van der Waals surface area contributed by atoms with Crippen LogP contribution in [0.5, 0.6) is 0 Å². The first-order chi connectivity index (χ1) is 6.95. The van der Waals surface area contributed by atoms with Gasteiger partial charge in [0.25, 0.3) is 0 Å². The molecule has 3 N–H and O–H groups in total. The van der Waals surface area contributed by atoms with E-state index in [4.69, 9.17) is 10.8 Å². The standard InChI is InChI=1S/C12H26N2O/c1-10(13)12(2,3)9-14-6-4-11(8-15)5-7-14/h10-11,15H,4-9,13H2,1-3H3. The third-order valence-electron chi connectivity index (χ3n) is 3.83. The second kappa shape index (κ2) is 5.28. The summed E-state index contributed by atoms with van der Waals surface area (Å²) in [5.41, 5.74) is 6.16. The molecular weight excluding hydrogens is 188 g/mol. The summed E-state index contributed by atoms with van der Waals surface area (Å²) in [6, 6.07) is 0.230. The molecule has 0 amide bonds. The Balaban J connectivity index is 2.35. The molecule has 0 bridgehead atoms. The summed E-state index contributed by atoms with van der Waals surface area (Å²) in [5.74, 6) is 0.527. The van der Waals surface area contributed by atoms with Crippen molar-refractivity contribution in [3.63, 3.8) is 0 Å². The van der Waals surface area contributed by atoms with Crippen LogP contribution in [0.15, 0.2) is 0 Å². The van der Waals surface area contributed by atoms with E-state index in [1.165, 1.54) is 0 Å². The lowest BCUT2D eigenvalue weighted by molar-refractivity contribution is 0.0931. The number of nitrogens with zero attached hydrogens (tertiary/aromatic N) is 1. The predicted molar refractivity (Wildman–Crippen MR) is 63.7 cm³/mol. The molecule has 1 unspecified atom stereocenters. The second-order valence-electron chi connectivity index (χ2n) is 5.68. The molecule has 0 saturated carbocycles. The van der Waals surface area contributed by atoms with Gasteiger partial charge in [0.1, 0.15) is 0 Å². The Morgan fingerprint density at radius 2 is 1.93 bits per heavy atom. The van der Waals surface area contributed by atoms with E-state index >= 15 is 0 Å². The zero-order valence-electron chi connectivity index (χ0n) is 10.4. The molecule has 1 rings (SSSR count). The van der Waals surface area contributed by atoms with Gasteiger partial charge in [0.05, 0.1) is 0 Å². The van der Waals surface area contributed by atoms with E-state index in [2.05, 4.69) is 25.7 Å². The van der Waals surface area contributed by atoms with E-state index in [-0.39, 0.29) is 11.5 Å². The summed E-state index contributed by atoms with van der Waals surface area (Å²) in [5, 5.41) is 9.06. The van der Waals surface area contributed by atoms with E-state index in [9.17, 15) is 0 Å². The van der Waals surface area contributed by atoms with Crippen molar-refractivity contribution in [2.24, 2.45) is 17.1 Å². The highest BCUT2D eigenvalue weighted by atomic mass is 16.3. The van der Waals surface area contributed by atoms with E-state index in [1.54, 1.807) is 0 Å². The number of nitrogens with two attached hydrogens (primary N) is 1. The average Bonchev–Trinajstić information content (AvgIpc) is 2.18. The Labute approximate surface area is 93.6 Å². The monoisotopic (exact) mass is 214 g/mol. The van der Waals surface area contributed by atoms with Crippen LogP contribution in [0.1, 0.15) is 33.6 Å². The fourth-order valence-corrected chi connectivity index (χ4v) is 2.05. The fraction of sp³-hybridized carbons (Fsp3) is 1.00. The lowest BCUT2D eigenvalue weighted by Crippen LogP contribution is -2.46. The van der Waals surface area contributed by atoms with Crippen LogP contribution in [-0.2, 0) is 0 Å². The van der Waals surface area contributed by atoms with Crippen LogP contribution < -0.4 is 5.73 Å². The molecule has 0 radical (unpaired) electrons. The first-order valence-electron chi connectivity index (χ1n) is 6.04. The molecule has 0 aromatic rings. The van der Waals surface area contributed by atoms with Crippen LogP contribution in [0, 0.1) is 11.3 Å². The van der Waals surface area contributed by atoms with Crippen LogP contribution in [0.4, 0.5) is 0 Å². The van der Waals surface area contributed by atoms with Gasteiger partial charge in [-0.1, -0.05) is 13.8 Å². The highest BCUT2D eigenvalue weighted by Gasteiger charge is 2.28. The van der Waals surface area contributed by atoms with Crippen molar-refractivity contribution < 1.29 is 5.11 Å². The summed E-state index contributed by atoms with van der Waals surface area (Å²) in [6.07, 6.45) is 2.26. The van der Waals surface area contributed by atoms with E-state index in [1.807, 2.05) is 0 Å². The second-order valence-corrected chi connectivity index (χ2v) is 5.68. The van der Waals surface area contributed by atoms with Crippen LogP contribution in [0.3, 0.4) is 0 Å². The number of aliphatic hydroxyl groups excluding tert-OH is 1. The molecule has 1 heterocycles. The maximum absolute atomic E-state index is 9.06. The van der Waals surface area contributed by atoms with Crippen LogP contribution >= 0.6 is 0 Å². The Bertz CT molecular complexity index is 184. The molecule has 1 aliphatic rings.